The second-order valence-corrected chi connectivity index (χ2v) is 9.09. The van der Waals surface area contributed by atoms with E-state index in [0.29, 0.717) is 67.0 Å². The fraction of sp³-hybridized carbons (Fsp3) is 0.400. The van der Waals surface area contributed by atoms with Gasteiger partial charge in [-0.05, 0) is 49.8 Å². The van der Waals surface area contributed by atoms with Crippen LogP contribution < -0.4 is 25.8 Å². The topological polar surface area (TPSA) is 132 Å². The van der Waals surface area contributed by atoms with Crippen LogP contribution in [0.3, 0.4) is 0 Å². The summed E-state index contributed by atoms with van der Waals surface area (Å²) in [5.41, 5.74) is 6.31. The number of carboxylic acids is 1. The highest BCUT2D eigenvalue weighted by Crippen LogP contribution is 2.38. The summed E-state index contributed by atoms with van der Waals surface area (Å²) in [5.74, 6) is -0.0181. The molecule has 1 aliphatic carbocycles. The number of carboxylic acid groups (broad SMARTS) is 1. The lowest BCUT2D eigenvalue weighted by molar-refractivity contribution is -0.141. The average molecular weight is 518 g/mol. The summed E-state index contributed by atoms with van der Waals surface area (Å²) in [5, 5.41) is 16.2. The van der Waals surface area contributed by atoms with Gasteiger partial charge in [-0.2, -0.15) is 0 Å². The van der Waals surface area contributed by atoms with Gasteiger partial charge in [0.05, 0.1) is 29.4 Å². The van der Waals surface area contributed by atoms with Gasteiger partial charge in [0.2, 0.25) is 0 Å². The fourth-order valence-corrected chi connectivity index (χ4v) is 4.73. The Morgan fingerprint density at radius 1 is 1.25 bits per heavy atom. The third-order valence-corrected chi connectivity index (χ3v) is 6.68. The average Bonchev–Trinajstić information content (AvgIpc) is 2.87. The summed E-state index contributed by atoms with van der Waals surface area (Å²) in [6, 6.07) is 7.58. The molecule has 0 spiro atoms. The number of aliphatic carboxylic acids is 1. The largest absolute Gasteiger partial charge is 0.493 e. The second-order valence-electron chi connectivity index (χ2n) is 8.68. The van der Waals surface area contributed by atoms with Crippen LogP contribution in [0.25, 0.3) is 10.9 Å². The van der Waals surface area contributed by atoms with Crippen LogP contribution in [0.1, 0.15) is 25.7 Å². The van der Waals surface area contributed by atoms with Gasteiger partial charge in [-0.1, -0.05) is 17.7 Å². The minimum absolute atomic E-state index is 0.00280. The van der Waals surface area contributed by atoms with Crippen LogP contribution in [0.5, 0.6) is 11.5 Å². The van der Waals surface area contributed by atoms with Gasteiger partial charge in [0.1, 0.15) is 18.2 Å². The molecule has 2 aromatic carbocycles. The number of nitrogens with zero attached hydrogens (tertiary/aromatic N) is 2. The molecule has 1 aliphatic rings. The van der Waals surface area contributed by atoms with E-state index < -0.39 is 17.8 Å². The minimum Gasteiger partial charge on any atom is -0.493 e. The molecule has 1 fully saturated rings. The van der Waals surface area contributed by atoms with E-state index in [1.54, 1.807) is 31.4 Å². The lowest BCUT2D eigenvalue weighted by Crippen LogP contribution is -2.46. The van der Waals surface area contributed by atoms with E-state index in [2.05, 4.69) is 20.6 Å². The molecule has 3 aromatic rings. The summed E-state index contributed by atoms with van der Waals surface area (Å²) < 4.78 is 26.3. The number of aromatic nitrogens is 2. The molecule has 1 heterocycles. The number of halogens is 2. The predicted octanol–water partition coefficient (Wildman–Crippen LogP) is 4.11. The van der Waals surface area contributed by atoms with Crippen molar-refractivity contribution in [2.24, 2.45) is 11.7 Å². The van der Waals surface area contributed by atoms with Crippen molar-refractivity contribution in [3.8, 4) is 11.5 Å². The molecule has 4 rings (SSSR count). The third-order valence-electron chi connectivity index (χ3n) is 6.38. The normalized spacial score (nSPS) is 18.6. The van der Waals surface area contributed by atoms with Gasteiger partial charge >= 0.3 is 5.97 Å². The number of anilines is 2. The van der Waals surface area contributed by atoms with Crippen molar-refractivity contribution in [2.45, 2.75) is 37.8 Å². The smallest absolute Gasteiger partial charge is 0.320 e. The molecular formula is C25H29ClFN5O4. The standard InChI is InChI=1S/C25H29ClFN5O4/c1-35-20-12-19-16(24(31-13-30-19)32-18-4-2-3-17(26)22(18)27)11-21(20)36-15-7-5-14(6-8-15)23(25(33)34)29-10-9-28/h2-4,11-15,23,29H,5-10,28H2,1H3,(H,33,34)(H,30,31,32)/t14?,15?,23-/m0/s1. The Balaban J connectivity index is 1.53. The molecule has 9 nitrogen and oxygen atoms in total. The number of ether oxygens (including phenoxy) is 2. The third kappa shape index (κ3) is 5.77. The molecule has 1 saturated carbocycles. The summed E-state index contributed by atoms with van der Waals surface area (Å²) >= 11 is 5.92. The first-order valence-corrected chi connectivity index (χ1v) is 12.2. The van der Waals surface area contributed by atoms with Gasteiger partial charge in [-0.3, -0.25) is 4.79 Å². The zero-order valence-electron chi connectivity index (χ0n) is 19.8. The molecule has 0 unspecified atom stereocenters. The highest BCUT2D eigenvalue weighted by Gasteiger charge is 2.32. The van der Waals surface area contributed by atoms with Crippen molar-refractivity contribution < 1.29 is 23.8 Å². The first-order chi connectivity index (χ1) is 17.4. The minimum atomic E-state index is -0.861. The van der Waals surface area contributed by atoms with Gasteiger partial charge in [-0.15, -0.1) is 0 Å². The van der Waals surface area contributed by atoms with Crippen molar-refractivity contribution in [2.75, 3.05) is 25.5 Å². The molecule has 0 bridgehead atoms. The first kappa shape index (κ1) is 25.9. The quantitative estimate of drug-likeness (QED) is 0.313. The summed E-state index contributed by atoms with van der Waals surface area (Å²) in [6.07, 6.45) is 4.08. The summed E-state index contributed by atoms with van der Waals surface area (Å²) in [4.78, 5) is 20.3. The van der Waals surface area contributed by atoms with Crippen LogP contribution in [0.4, 0.5) is 15.9 Å². The van der Waals surface area contributed by atoms with E-state index >= 15 is 0 Å². The fourth-order valence-electron chi connectivity index (χ4n) is 4.56. The Kier molecular flexibility index (Phi) is 8.40. The van der Waals surface area contributed by atoms with Gasteiger partial charge in [0, 0.05) is 24.5 Å². The molecule has 1 atom stereocenters. The van der Waals surface area contributed by atoms with Gasteiger partial charge in [-0.25, -0.2) is 14.4 Å². The number of methoxy groups -OCH3 is 1. The van der Waals surface area contributed by atoms with Gasteiger partial charge in [0.15, 0.2) is 17.3 Å². The number of hydrogen-bond acceptors (Lipinski definition) is 8. The van der Waals surface area contributed by atoms with Crippen molar-refractivity contribution in [3.63, 3.8) is 0 Å². The van der Waals surface area contributed by atoms with E-state index in [0.717, 1.165) is 0 Å². The number of hydrogen-bond donors (Lipinski definition) is 4. The van der Waals surface area contributed by atoms with Crippen LogP contribution in [0.2, 0.25) is 5.02 Å². The Morgan fingerprint density at radius 3 is 2.72 bits per heavy atom. The van der Waals surface area contributed by atoms with Gasteiger partial charge < -0.3 is 30.9 Å². The Labute approximate surface area is 213 Å². The summed E-state index contributed by atoms with van der Waals surface area (Å²) in [7, 11) is 1.55. The van der Waals surface area contributed by atoms with Crippen LogP contribution in [0, 0.1) is 11.7 Å². The van der Waals surface area contributed by atoms with Crippen molar-refractivity contribution >= 4 is 40.0 Å². The molecule has 1 aromatic heterocycles. The van der Waals surface area contributed by atoms with Crippen molar-refractivity contribution in [3.05, 3.63) is 47.5 Å². The Hall–Kier alpha value is -3.21. The number of benzene rings is 2. The molecular weight excluding hydrogens is 489 g/mol. The number of carbonyl (C=O) groups is 1. The van der Waals surface area contributed by atoms with E-state index in [1.165, 1.54) is 12.4 Å². The maximum Gasteiger partial charge on any atom is 0.320 e. The predicted molar refractivity (Wildman–Crippen MR) is 136 cm³/mol. The maximum atomic E-state index is 14.5. The molecule has 5 N–H and O–H groups in total. The molecule has 0 radical (unpaired) electrons. The summed E-state index contributed by atoms with van der Waals surface area (Å²) in [6.45, 7) is 0.841. The molecule has 192 valence electrons. The number of nitrogens with two attached hydrogens (primary N) is 1. The zero-order valence-corrected chi connectivity index (χ0v) is 20.6. The molecule has 11 heteroatoms. The van der Waals surface area contributed by atoms with Gasteiger partial charge in [0.25, 0.3) is 0 Å². The van der Waals surface area contributed by atoms with Crippen LogP contribution in [-0.2, 0) is 4.79 Å². The molecule has 0 saturated heterocycles. The van der Waals surface area contributed by atoms with Crippen LogP contribution in [0.15, 0.2) is 36.7 Å². The lowest BCUT2D eigenvalue weighted by atomic mass is 9.82. The molecule has 36 heavy (non-hydrogen) atoms. The highest BCUT2D eigenvalue weighted by atomic mass is 35.5. The molecule has 0 aliphatic heterocycles. The van der Waals surface area contributed by atoms with Crippen LogP contribution in [-0.4, -0.2) is 53.4 Å². The molecule has 0 amide bonds. The lowest BCUT2D eigenvalue weighted by Gasteiger charge is -2.32. The first-order valence-electron chi connectivity index (χ1n) is 11.8. The number of rotatable bonds is 10. The highest BCUT2D eigenvalue weighted by molar-refractivity contribution is 6.31. The van der Waals surface area contributed by atoms with Crippen molar-refractivity contribution in [1.29, 1.82) is 0 Å². The monoisotopic (exact) mass is 517 g/mol. The SMILES string of the molecule is COc1cc2ncnc(Nc3cccc(Cl)c3F)c2cc1OC1CCC([C@H](NCCN)C(=O)O)CC1. The van der Waals surface area contributed by atoms with E-state index in [-0.39, 0.29) is 22.7 Å². The van der Waals surface area contributed by atoms with Crippen LogP contribution >= 0.6 is 11.6 Å². The Bertz CT molecular complexity index is 1220. The second kappa shape index (κ2) is 11.7. The number of nitrogens with one attached hydrogen (secondary N) is 2. The zero-order chi connectivity index (χ0) is 25.7. The Morgan fingerprint density at radius 2 is 2.03 bits per heavy atom. The number of fused-ring (bicyclic) bond motifs is 1. The van der Waals surface area contributed by atoms with Crippen molar-refractivity contribution in [1.82, 2.24) is 15.3 Å². The maximum absolute atomic E-state index is 14.5. The van der Waals surface area contributed by atoms with E-state index in [4.69, 9.17) is 26.8 Å². The van der Waals surface area contributed by atoms with E-state index in [9.17, 15) is 14.3 Å². The van der Waals surface area contributed by atoms with E-state index in [1.807, 2.05) is 0 Å².